The molecule has 0 radical (unpaired) electrons. The SMILES string of the molecule is CCCCCCCCOc1cc(C(=O)Oc2cc(C(=O)OC)cc(OC(=O)c3cc(OCCCCCCCC)c(OCCCCCCCC)c(OCCCCCCCC)c3)c2OC(=O)c2cc(OCCCCCCCC)c(OCCCCCCCC)c(OCCCCCCCC)c2)cc(OCCCCCCCC)c1OCCCCCCCC. The fourth-order valence-electron chi connectivity index (χ4n) is 14.2. The third kappa shape index (κ3) is 45.0. The van der Waals surface area contributed by atoms with Gasteiger partial charge in [-0.15, -0.1) is 0 Å². The van der Waals surface area contributed by atoms with Crippen molar-refractivity contribution in [2.45, 2.75) is 409 Å². The molecule has 0 amide bonds. The van der Waals surface area contributed by atoms with Gasteiger partial charge in [0.1, 0.15) is 0 Å². The zero-order valence-electron chi connectivity index (χ0n) is 76.1. The summed E-state index contributed by atoms with van der Waals surface area (Å²) in [5.74, 6) is -2.06. The molecule has 0 atom stereocenters. The molecule has 0 aromatic heterocycles. The van der Waals surface area contributed by atoms with Crippen LogP contribution in [0.3, 0.4) is 0 Å². The van der Waals surface area contributed by atoms with Crippen LogP contribution in [0.15, 0.2) is 48.5 Å². The van der Waals surface area contributed by atoms with Crippen LogP contribution in [-0.4, -0.2) is 90.4 Å². The molecule has 4 aromatic carbocycles. The Hall–Kier alpha value is -7.04. The van der Waals surface area contributed by atoms with Crippen LogP contribution in [0.4, 0.5) is 0 Å². The third-order valence-corrected chi connectivity index (χ3v) is 21.6. The van der Waals surface area contributed by atoms with E-state index < -0.39 is 41.1 Å². The second kappa shape index (κ2) is 69.6. The number of hydrogen-bond acceptors (Lipinski definition) is 17. The van der Waals surface area contributed by atoms with E-state index in [0.717, 1.165) is 327 Å². The van der Waals surface area contributed by atoms with E-state index in [9.17, 15) is 4.79 Å². The summed E-state index contributed by atoms with van der Waals surface area (Å²) in [5.41, 5.74) is -0.164. The van der Waals surface area contributed by atoms with Gasteiger partial charge in [0, 0.05) is 0 Å². The van der Waals surface area contributed by atoms with Gasteiger partial charge in [-0.3, -0.25) is 0 Å². The van der Waals surface area contributed by atoms with Gasteiger partial charge in [-0.05, 0) is 106 Å². The van der Waals surface area contributed by atoms with Crippen molar-refractivity contribution in [2.24, 2.45) is 0 Å². The average molecular weight is 1650 g/mol. The smallest absolute Gasteiger partial charge is 0.344 e. The molecule has 0 unspecified atom stereocenters. The Morgan fingerprint density at radius 3 is 0.517 bits per heavy atom. The lowest BCUT2D eigenvalue weighted by Crippen LogP contribution is -2.17. The van der Waals surface area contributed by atoms with Crippen molar-refractivity contribution in [1.29, 1.82) is 0 Å². The quantitative estimate of drug-likeness (QED) is 0.0230. The normalized spacial score (nSPS) is 11.2. The Kier molecular flexibility index (Phi) is 60.9. The third-order valence-electron chi connectivity index (χ3n) is 21.6. The van der Waals surface area contributed by atoms with E-state index >= 15 is 14.4 Å². The first-order valence-electron chi connectivity index (χ1n) is 48.1. The number of hydrogen-bond donors (Lipinski definition) is 0. The molecule has 17 heteroatoms. The summed E-state index contributed by atoms with van der Waals surface area (Å²) in [6, 6.07) is 12.1. The lowest BCUT2D eigenvalue weighted by Gasteiger charge is -2.20. The first kappa shape index (κ1) is 103. The van der Waals surface area contributed by atoms with Crippen LogP contribution in [0.1, 0.15) is 450 Å². The van der Waals surface area contributed by atoms with Crippen LogP contribution in [0.2, 0.25) is 0 Å². The number of ether oxygens (including phenoxy) is 13. The lowest BCUT2D eigenvalue weighted by atomic mass is 10.1. The minimum Gasteiger partial charge on any atom is -0.490 e. The summed E-state index contributed by atoms with van der Waals surface area (Å²) < 4.78 is 85.3. The van der Waals surface area contributed by atoms with Gasteiger partial charge in [0.2, 0.25) is 23.0 Å². The van der Waals surface area contributed by atoms with Gasteiger partial charge < -0.3 is 61.6 Å². The highest BCUT2D eigenvalue weighted by Crippen LogP contribution is 2.46. The van der Waals surface area contributed by atoms with Crippen molar-refractivity contribution in [1.82, 2.24) is 0 Å². The molecule has 17 nitrogen and oxygen atoms in total. The predicted molar refractivity (Wildman–Crippen MR) is 482 cm³/mol. The molecule has 0 heterocycles. The van der Waals surface area contributed by atoms with Gasteiger partial charge in [0.05, 0.1) is 88.8 Å². The zero-order chi connectivity index (χ0) is 84.9. The molecule has 0 aliphatic heterocycles. The number of methoxy groups -OCH3 is 1. The highest BCUT2D eigenvalue weighted by Gasteiger charge is 2.31. The summed E-state index contributed by atoms with van der Waals surface area (Å²) in [7, 11) is 1.22. The molecular formula is C101H164O17. The van der Waals surface area contributed by atoms with E-state index in [1.54, 1.807) is 36.4 Å². The summed E-state index contributed by atoms with van der Waals surface area (Å²) >= 11 is 0. The van der Waals surface area contributed by atoms with E-state index in [1.807, 2.05) is 0 Å². The number of benzene rings is 4. The highest BCUT2D eigenvalue weighted by atomic mass is 16.6. The topological polar surface area (TPSA) is 188 Å². The standard InChI is InChI=1S/C101H164O17/c1-11-20-29-38-47-56-65-107-86-74-83(75-87(108-66-57-48-39-30-21-12-2)94(86)113-71-62-53-44-35-26-17-7)99(103)116-92-80-82(98(102)106-10)81-93(117-100(104)84-76-88(109-67-58-49-40-31-22-13-3)95(114-72-63-54-45-36-27-18-8)89(77-84)110-68-59-50-41-32-23-14-4)97(92)118-101(105)85-78-90(111-69-60-51-42-33-24-15-5)96(115-73-64-55-46-37-28-19-9)91(79-85)112-70-61-52-43-34-25-16-6/h74-81H,11-73H2,1-10H3. The molecule has 670 valence electrons. The van der Waals surface area contributed by atoms with Gasteiger partial charge in [-0.25, -0.2) is 19.2 Å². The first-order valence-corrected chi connectivity index (χ1v) is 48.1. The minimum absolute atomic E-state index is 0.00103. The Morgan fingerprint density at radius 1 is 0.178 bits per heavy atom. The van der Waals surface area contributed by atoms with Gasteiger partial charge in [0.15, 0.2) is 46.0 Å². The molecule has 4 aromatic rings. The number of carbonyl (C=O) groups is 4. The van der Waals surface area contributed by atoms with Gasteiger partial charge in [-0.2, -0.15) is 0 Å². The summed E-state index contributed by atoms with van der Waals surface area (Å²) in [4.78, 5) is 61.4. The van der Waals surface area contributed by atoms with Crippen LogP contribution in [0.5, 0.6) is 69.0 Å². The molecule has 0 saturated heterocycles. The Bertz CT molecular complexity index is 2980. The van der Waals surface area contributed by atoms with Crippen LogP contribution < -0.4 is 56.8 Å². The molecular weight excluding hydrogens is 1490 g/mol. The Labute approximate surface area is 716 Å². The van der Waals surface area contributed by atoms with Crippen LogP contribution in [-0.2, 0) is 4.74 Å². The van der Waals surface area contributed by atoms with E-state index in [2.05, 4.69) is 62.3 Å². The van der Waals surface area contributed by atoms with Crippen LogP contribution >= 0.6 is 0 Å². The summed E-state index contributed by atoms with van der Waals surface area (Å²) in [6.07, 6.45) is 56.4. The molecule has 0 spiro atoms. The van der Waals surface area contributed by atoms with E-state index in [4.69, 9.17) is 61.6 Å². The van der Waals surface area contributed by atoms with Crippen LogP contribution in [0, 0.1) is 0 Å². The molecule has 118 heavy (non-hydrogen) atoms. The fourth-order valence-corrected chi connectivity index (χ4v) is 14.2. The predicted octanol–water partition coefficient (Wildman–Crippen LogP) is 29.8. The van der Waals surface area contributed by atoms with E-state index in [-0.39, 0.29) is 22.3 Å². The first-order chi connectivity index (χ1) is 57.9. The Balaban J connectivity index is 2.09. The maximum Gasteiger partial charge on any atom is 0.344 e. The van der Waals surface area contributed by atoms with Crippen molar-refractivity contribution < 1.29 is 80.8 Å². The molecule has 0 bridgehead atoms. The fraction of sp³-hybridized carbons (Fsp3) is 0.723. The van der Waals surface area contributed by atoms with Crippen LogP contribution in [0.25, 0.3) is 0 Å². The van der Waals surface area contributed by atoms with Crippen molar-refractivity contribution in [2.75, 3.05) is 66.6 Å². The molecule has 4 rings (SSSR count). The average Bonchev–Trinajstić information content (AvgIpc) is 0.790. The number of esters is 4. The number of rotatable bonds is 79. The summed E-state index contributed by atoms with van der Waals surface area (Å²) in [5, 5.41) is 0. The number of carbonyl (C=O) groups excluding carboxylic acids is 4. The molecule has 0 saturated carbocycles. The van der Waals surface area contributed by atoms with Gasteiger partial charge >= 0.3 is 23.9 Å². The van der Waals surface area contributed by atoms with E-state index in [1.165, 1.54) is 38.5 Å². The maximum absolute atomic E-state index is 15.8. The molecule has 0 aliphatic rings. The zero-order valence-corrected chi connectivity index (χ0v) is 76.1. The van der Waals surface area contributed by atoms with Crippen molar-refractivity contribution in [3.63, 3.8) is 0 Å². The minimum atomic E-state index is -0.957. The highest BCUT2D eigenvalue weighted by molar-refractivity contribution is 5.99. The number of unbranched alkanes of at least 4 members (excludes halogenated alkanes) is 45. The monoisotopic (exact) mass is 1650 g/mol. The maximum atomic E-state index is 15.8. The van der Waals surface area contributed by atoms with Gasteiger partial charge in [0.25, 0.3) is 0 Å². The van der Waals surface area contributed by atoms with Gasteiger partial charge in [-0.1, -0.05) is 351 Å². The second-order valence-corrected chi connectivity index (χ2v) is 32.4. The van der Waals surface area contributed by atoms with Crippen molar-refractivity contribution >= 4 is 23.9 Å². The van der Waals surface area contributed by atoms with Crippen molar-refractivity contribution in [3.05, 3.63) is 70.8 Å². The van der Waals surface area contributed by atoms with Crippen molar-refractivity contribution in [3.8, 4) is 69.0 Å². The van der Waals surface area contributed by atoms with E-state index in [0.29, 0.717) is 111 Å². The molecule has 0 aliphatic carbocycles. The molecule has 0 fully saturated rings. The Morgan fingerprint density at radius 2 is 0.331 bits per heavy atom. The largest absolute Gasteiger partial charge is 0.490 e. The second-order valence-electron chi connectivity index (χ2n) is 32.4. The summed E-state index contributed by atoms with van der Waals surface area (Å²) in [6.45, 7) is 23.2. The lowest BCUT2D eigenvalue weighted by molar-refractivity contribution is 0.0592. The molecule has 0 N–H and O–H groups in total.